The molecule has 2 aromatic rings. The first kappa shape index (κ1) is 10.4. The van der Waals surface area contributed by atoms with Crippen molar-refractivity contribution in [3.8, 4) is 0 Å². The third kappa shape index (κ3) is 1.95. The standard InChI is InChI=1S/C9H6INO4/c10-4-1-2-5-6(3-4)15-8(11-5)7(12)9(13)14/h1-3,7,12H,(H,13,14). The minimum atomic E-state index is -1.71. The molecule has 0 aliphatic rings. The average Bonchev–Trinajstić information content (AvgIpc) is 2.58. The Bertz CT molecular complexity index is 522. The van der Waals surface area contributed by atoms with Crippen molar-refractivity contribution in [3.63, 3.8) is 0 Å². The number of aromatic nitrogens is 1. The molecule has 0 fully saturated rings. The molecule has 0 radical (unpaired) electrons. The number of hydrogen-bond donors (Lipinski definition) is 2. The van der Waals surface area contributed by atoms with E-state index < -0.39 is 12.1 Å². The molecule has 2 rings (SSSR count). The Morgan fingerprint density at radius 2 is 2.27 bits per heavy atom. The normalized spacial score (nSPS) is 12.9. The van der Waals surface area contributed by atoms with Gasteiger partial charge in [0.25, 0.3) is 0 Å². The third-order valence-electron chi connectivity index (χ3n) is 1.83. The van der Waals surface area contributed by atoms with Crippen LogP contribution in [0.2, 0.25) is 0 Å². The van der Waals surface area contributed by atoms with Gasteiger partial charge in [-0.3, -0.25) is 0 Å². The van der Waals surface area contributed by atoms with Gasteiger partial charge in [-0.05, 0) is 40.8 Å². The molecule has 1 unspecified atom stereocenters. The molecular weight excluding hydrogens is 313 g/mol. The van der Waals surface area contributed by atoms with E-state index in [1.165, 1.54) is 0 Å². The lowest BCUT2D eigenvalue weighted by Crippen LogP contribution is -2.10. The van der Waals surface area contributed by atoms with Crippen molar-refractivity contribution in [2.45, 2.75) is 6.10 Å². The van der Waals surface area contributed by atoms with Crippen molar-refractivity contribution in [3.05, 3.63) is 27.7 Å². The van der Waals surface area contributed by atoms with Crippen LogP contribution >= 0.6 is 22.6 Å². The molecule has 2 N–H and O–H groups in total. The zero-order chi connectivity index (χ0) is 11.0. The topological polar surface area (TPSA) is 83.6 Å². The molecule has 15 heavy (non-hydrogen) atoms. The summed E-state index contributed by atoms with van der Waals surface area (Å²) in [5, 5.41) is 17.8. The Balaban J connectivity index is 2.51. The fraction of sp³-hybridized carbons (Fsp3) is 0.111. The maximum Gasteiger partial charge on any atom is 0.342 e. The Hall–Kier alpha value is -1.15. The van der Waals surface area contributed by atoms with Gasteiger partial charge in [0.2, 0.25) is 12.0 Å². The van der Waals surface area contributed by atoms with Gasteiger partial charge in [-0.15, -0.1) is 0 Å². The molecule has 0 bridgehead atoms. The van der Waals surface area contributed by atoms with Gasteiger partial charge in [0.1, 0.15) is 5.52 Å². The Morgan fingerprint density at radius 1 is 1.53 bits per heavy atom. The molecule has 0 aliphatic carbocycles. The predicted molar refractivity (Wildman–Crippen MR) is 59.3 cm³/mol. The molecule has 0 amide bonds. The Labute approximate surface area is 97.9 Å². The molecule has 1 aromatic heterocycles. The fourth-order valence-electron chi connectivity index (χ4n) is 1.14. The van der Waals surface area contributed by atoms with Gasteiger partial charge < -0.3 is 14.6 Å². The maximum atomic E-state index is 10.5. The van der Waals surface area contributed by atoms with Crippen LogP contribution in [0, 0.1) is 3.57 Å². The Kier molecular flexibility index (Phi) is 2.61. The molecule has 6 heteroatoms. The van der Waals surface area contributed by atoms with Gasteiger partial charge in [0.05, 0.1) is 0 Å². The number of aliphatic carboxylic acids is 1. The van der Waals surface area contributed by atoms with Crippen molar-refractivity contribution in [2.24, 2.45) is 0 Å². The molecule has 1 aromatic carbocycles. The molecule has 78 valence electrons. The van der Waals surface area contributed by atoms with Gasteiger partial charge in [-0.25, -0.2) is 9.78 Å². The highest BCUT2D eigenvalue weighted by atomic mass is 127. The number of oxazole rings is 1. The molecular formula is C9H6INO4. The lowest BCUT2D eigenvalue weighted by atomic mass is 10.3. The second-order valence-corrected chi connectivity index (χ2v) is 4.15. The zero-order valence-corrected chi connectivity index (χ0v) is 9.50. The van der Waals surface area contributed by atoms with E-state index in [9.17, 15) is 9.90 Å². The second-order valence-electron chi connectivity index (χ2n) is 2.90. The van der Waals surface area contributed by atoms with Crippen LogP contribution < -0.4 is 0 Å². The molecule has 1 atom stereocenters. The smallest absolute Gasteiger partial charge is 0.342 e. The van der Waals surface area contributed by atoms with E-state index in [0.29, 0.717) is 11.1 Å². The number of carboxylic acids is 1. The van der Waals surface area contributed by atoms with Gasteiger partial charge in [-0.1, -0.05) is 0 Å². The number of carbonyl (C=O) groups is 1. The van der Waals surface area contributed by atoms with E-state index in [-0.39, 0.29) is 5.89 Å². The number of fused-ring (bicyclic) bond motifs is 1. The number of carboxylic acid groups (broad SMARTS) is 1. The highest BCUT2D eigenvalue weighted by Crippen LogP contribution is 2.22. The van der Waals surface area contributed by atoms with Crippen LogP contribution in [-0.2, 0) is 4.79 Å². The molecule has 0 saturated carbocycles. The average molecular weight is 319 g/mol. The van der Waals surface area contributed by atoms with Crippen LogP contribution in [0.5, 0.6) is 0 Å². The number of benzene rings is 1. The highest BCUT2D eigenvalue weighted by molar-refractivity contribution is 14.1. The number of rotatable bonds is 2. The summed E-state index contributed by atoms with van der Waals surface area (Å²) >= 11 is 2.10. The predicted octanol–water partition coefficient (Wildman–Crippen LogP) is 1.55. The van der Waals surface area contributed by atoms with Crippen molar-refractivity contribution >= 4 is 39.7 Å². The van der Waals surface area contributed by atoms with Gasteiger partial charge in [0.15, 0.2) is 5.58 Å². The summed E-state index contributed by atoms with van der Waals surface area (Å²) in [4.78, 5) is 14.4. The summed E-state index contributed by atoms with van der Waals surface area (Å²) in [7, 11) is 0. The minimum absolute atomic E-state index is 0.195. The summed E-state index contributed by atoms with van der Waals surface area (Å²) in [5.74, 6) is -1.57. The van der Waals surface area contributed by atoms with Crippen LogP contribution in [-0.4, -0.2) is 21.2 Å². The van der Waals surface area contributed by atoms with E-state index in [0.717, 1.165) is 3.57 Å². The monoisotopic (exact) mass is 319 g/mol. The molecule has 5 nitrogen and oxygen atoms in total. The number of halogens is 1. The number of nitrogens with zero attached hydrogens (tertiary/aromatic N) is 1. The third-order valence-corrected chi connectivity index (χ3v) is 2.51. The van der Waals surface area contributed by atoms with Gasteiger partial charge in [-0.2, -0.15) is 0 Å². The summed E-state index contributed by atoms with van der Waals surface area (Å²) < 4.78 is 6.08. The minimum Gasteiger partial charge on any atom is -0.479 e. The van der Waals surface area contributed by atoms with Crippen LogP contribution in [0.4, 0.5) is 0 Å². The number of hydrogen-bond acceptors (Lipinski definition) is 4. The summed E-state index contributed by atoms with van der Waals surface area (Å²) in [6.07, 6.45) is -1.71. The van der Waals surface area contributed by atoms with Crippen molar-refractivity contribution in [1.29, 1.82) is 0 Å². The van der Waals surface area contributed by atoms with Crippen molar-refractivity contribution in [1.82, 2.24) is 4.98 Å². The second kappa shape index (κ2) is 3.78. The largest absolute Gasteiger partial charge is 0.479 e. The Morgan fingerprint density at radius 3 is 2.93 bits per heavy atom. The molecule has 1 heterocycles. The van der Waals surface area contributed by atoms with Crippen LogP contribution in [0.25, 0.3) is 11.1 Å². The maximum absolute atomic E-state index is 10.5. The van der Waals surface area contributed by atoms with Crippen LogP contribution in [0.15, 0.2) is 22.6 Å². The van der Waals surface area contributed by atoms with Gasteiger partial charge >= 0.3 is 5.97 Å². The first-order chi connectivity index (χ1) is 7.08. The number of aliphatic hydroxyl groups excluding tert-OH is 1. The SMILES string of the molecule is O=C(O)C(O)c1nc2ccc(I)cc2o1. The van der Waals surface area contributed by atoms with E-state index in [2.05, 4.69) is 27.6 Å². The van der Waals surface area contributed by atoms with Crippen LogP contribution in [0.3, 0.4) is 0 Å². The lowest BCUT2D eigenvalue weighted by Gasteiger charge is -1.96. The van der Waals surface area contributed by atoms with E-state index in [1.54, 1.807) is 12.1 Å². The molecule has 0 spiro atoms. The van der Waals surface area contributed by atoms with E-state index in [4.69, 9.17) is 9.52 Å². The van der Waals surface area contributed by atoms with Crippen molar-refractivity contribution in [2.75, 3.05) is 0 Å². The van der Waals surface area contributed by atoms with Crippen molar-refractivity contribution < 1.29 is 19.4 Å². The first-order valence-electron chi connectivity index (χ1n) is 4.05. The van der Waals surface area contributed by atoms with E-state index >= 15 is 0 Å². The quantitative estimate of drug-likeness (QED) is 0.821. The summed E-state index contributed by atoms with van der Waals surface area (Å²) in [6.45, 7) is 0. The van der Waals surface area contributed by atoms with E-state index in [1.807, 2.05) is 6.07 Å². The van der Waals surface area contributed by atoms with Gasteiger partial charge in [0, 0.05) is 3.57 Å². The summed E-state index contributed by atoms with van der Waals surface area (Å²) in [5.41, 5.74) is 1.00. The van der Waals surface area contributed by atoms with Crippen LogP contribution in [0.1, 0.15) is 12.0 Å². The highest BCUT2D eigenvalue weighted by Gasteiger charge is 2.22. The lowest BCUT2D eigenvalue weighted by molar-refractivity contribution is -0.148. The first-order valence-corrected chi connectivity index (χ1v) is 5.12. The fourth-order valence-corrected chi connectivity index (χ4v) is 1.60. The molecule has 0 aliphatic heterocycles. The number of aliphatic hydroxyl groups is 1. The zero-order valence-electron chi connectivity index (χ0n) is 7.35. The summed E-state index contributed by atoms with van der Waals surface area (Å²) in [6, 6.07) is 5.25. The molecule has 0 saturated heterocycles.